The maximum absolute atomic E-state index is 12.8. The topological polar surface area (TPSA) is 97.8 Å². The van der Waals surface area contributed by atoms with Crippen molar-refractivity contribution in [2.24, 2.45) is 0 Å². The highest BCUT2D eigenvalue weighted by Gasteiger charge is 2.19. The molecule has 0 aliphatic heterocycles. The number of benzene rings is 3. The Labute approximate surface area is 202 Å². The van der Waals surface area contributed by atoms with Gasteiger partial charge in [-0.25, -0.2) is 13.4 Å². The lowest BCUT2D eigenvalue weighted by Crippen LogP contribution is -2.13. The number of aromatic nitrogens is 1. The number of methoxy groups -OCH3 is 2. The molecule has 0 aliphatic carbocycles. The molecule has 4 aromatic rings. The zero-order valence-electron chi connectivity index (χ0n) is 18.3. The van der Waals surface area contributed by atoms with E-state index in [-0.39, 0.29) is 26.9 Å². The first kappa shape index (κ1) is 23.4. The van der Waals surface area contributed by atoms with Crippen molar-refractivity contribution in [3.8, 4) is 17.2 Å². The molecule has 0 fully saturated rings. The van der Waals surface area contributed by atoms with E-state index in [1.165, 1.54) is 37.4 Å². The Morgan fingerprint density at radius 1 is 0.912 bits per heavy atom. The minimum atomic E-state index is -3.98. The van der Waals surface area contributed by atoms with Gasteiger partial charge in [0.2, 0.25) is 0 Å². The largest absolute Gasteiger partial charge is 0.504 e. The first-order chi connectivity index (χ1) is 16.3. The molecule has 0 atom stereocenters. The summed E-state index contributed by atoms with van der Waals surface area (Å²) < 4.78 is 38.3. The van der Waals surface area contributed by atoms with Gasteiger partial charge in [0.15, 0.2) is 5.75 Å². The van der Waals surface area contributed by atoms with Gasteiger partial charge in [-0.2, -0.15) is 0 Å². The van der Waals surface area contributed by atoms with E-state index in [0.29, 0.717) is 16.8 Å². The summed E-state index contributed by atoms with van der Waals surface area (Å²) in [7, 11) is -0.890. The number of halogens is 1. The molecule has 0 saturated heterocycles. The van der Waals surface area contributed by atoms with Gasteiger partial charge >= 0.3 is 0 Å². The standard InChI is InChI=1S/C25H21ClN2O5S/c1-32-18-8-4-16(5-9-18)3-6-17-7-14-21-22(26)15-23(25(29)24(21)27-17)28-34(30,31)20-12-10-19(33-2)11-13-20/h3-15,28-29H,1-2H3/b6-3+. The Balaban J connectivity index is 1.67. The average molecular weight is 497 g/mol. The van der Waals surface area contributed by atoms with E-state index >= 15 is 0 Å². The fourth-order valence-corrected chi connectivity index (χ4v) is 4.59. The third kappa shape index (κ3) is 4.93. The lowest BCUT2D eigenvalue weighted by Gasteiger charge is -2.13. The highest BCUT2D eigenvalue weighted by molar-refractivity contribution is 7.92. The van der Waals surface area contributed by atoms with Crippen LogP contribution in [0.1, 0.15) is 11.3 Å². The number of aromatic hydroxyl groups is 1. The predicted molar refractivity (Wildman–Crippen MR) is 134 cm³/mol. The van der Waals surface area contributed by atoms with Crippen LogP contribution in [0, 0.1) is 0 Å². The number of pyridine rings is 1. The number of hydrogen-bond acceptors (Lipinski definition) is 6. The normalized spacial score (nSPS) is 11.6. The van der Waals surface area contributed by atoms with Crippen LogP contribution in [0.3, 0.4) is 0 Å². The van der Waals surface area contributed by atoms with Crippen LogP contribution in [0.4, 0.5) is 5.69 Å². The van der Waals surface area contributed by atoms with Crippen molar-refractivity contribution in [1.82, 2.24) is 4.98 Å². The van der Waals surface area contributed by atoms with Crippen LogP contribution in [0.15, 0.2) is 71.6 Å². The quantitative estimate of drug-likeness (QED) is 0.324. The van der Waals surface area contributed by atoms with Crippen LogP contribution in [0.5, 0.6) is 17.2 Å². The molecule has 0 radical (unpaired) electrons. The molecule has 1 heterocycles. The Bertz CT molecular complexity index is 1470. The second-order valence-corrected chi connectivity index (χ2v) is 9.36. The summed E-state index contributed by atoms with van der Waals surface area (Å²) in [6.45, 7) is 0. The monoisotopic (exact) mass is 496 g/mol. The van der Waals surface area contributed by atoms with Gasteiger partial charge in [0, 0.05) is 5.39 Å². The minimum absolute atomic E-state index is 0.00746. The summed E-state index contributed by atoms with van der Waals surface area (Å²) >= 11 is 6.37. The summed E-state index contributed by atoms with van der Waals surface area (Å²) in [4.78, 5) is 4.48. The van der Waals surface area contributed by atoms with Crippen LogP contribution >= 0.6 is 11.6 Å². The molecular formula is C25H21ClN2O5S. The average Bonchev–Trinajstić information content (AvgIpc) is 2.86. The smallest absolute Gasteiger partial charge is 0.262 e. The van der Waals surface area contributed by atoms with E-state index in [0.717, 1.165) is 11.3 Å². The van der Waals surface area contributed by atoms with Crippen molar-refractivity contribution in [2.75, 3.05) is 18.9 Å². The van der Waals surface area contributed by atoms with Gasteiger partial charge in [-0.1, -0.05) is 29.8 Å². The van der Waals surface area contributed by atoms with E-state index < -0.39 is 10.0 Å². The zero-order chi connectivity index (χ0) is 24.3. The molecule has 4 rings (SSSR count). The predicted octanol–water partition coefficient (Wildman–Crippen LogP) is 5.58. The highest BCUT2D eigenvalue weighted by atomic mass is 35.5. The van der Waals surface area contributed by atoms with Crippen LogP contribution in [0.25, 0.3) is 23.1 Å². The Kier molecular flexibility index (Phi) is 6.63. The molecule has 0 unspecified atom stereocenters. The van der Waals surface area contributed by atoms with Crippen molar-refractivity contribution < 1.29 is 23.0 Å². The molecule has 0 saturated carbocycles. The van der Waals surface area contributed by atoms with Gasteiger partial charge in [0.25, 0.3) is 10.0 Å². The summed E-state index contributed by atoms with van der Waals surface area (Å²) in [5, 5.41) is 11.6. The molecule has 7 nitrogen and oxygen atoms in total. The number of anilines is 1. The lowest BCUT2D eigenvalue weighted by atomic mass is 10.1. The number of hydrogen-bond donors (Lipinski definition) is 2. The SMILES string of the molecule is COc1ccc(/C=C/c2ccc3c(Cl)cc(NS(=O)(=O)c4ccc(OC)cc4)c(O)c3n2)cc1. The zero-order valence-corrected chi connectivity index (χ0v) is 19.9. The van der Waals surface area contributed by atoms with Gasteiger partial charge in [-0.05, 0) is 66.2 Å². The molecule has 34 heavy (non-hydrogen) atoms. The van der Waals surface area contributed by atoms with Gasteiger partial charge in [-0.3, -0.25) is 4.72 Å². The third-order valence-electron chi connectivity index (χ3n) is 5.10. The summed E-state index contributed by atoms with van der Waals surface area (Å²) in [6, 6.07) is 18.2. The van der Waals surface area contributed by atoms with Crippen molar-refractivity contribution in [1.29, 1.82) is 0 Å². The summed E-state index contributed by atoms with van der Waals surface area (Å²) in [6.07, 6.45) is 3.64. The number of nitrogens with zero attached hydrogens (tertiary/aromatic N) is 1. The lowest BCUT2D eigenvalue weighted by molar-refractivity contribution is 0.414. The molecule has 0 aliphatic rings. The fourth-order valence-electron chi connectivity index (χ4n) is 3.27. The Morgan fingerprint density at radius 3 is 2.15 bits per heavy atom. The number of ether oxygens (including phenoxy) is 2. The number of rotatable bonds is 7. The molecule has 0 amide bonds. The van der Waals surface area contributed by atoms with Gasteiger partial charge in [-0.15, -0.1) is 0 Å². The summed E-state index contributed by atoms with van der Waals surface area (Å²) in [5.74, 6) is 0.955. The van der Waals surface area contributed by atoms with Gasteiger partial charge in [0.05, 0.1) is 35.5 Å². The molecule has 0 bridgehead atoms. The third-order valence-corrected chi connectivity index (χ3v) is 6.80. The highest BCUT2D eigenvalue weighted by Crippen LogP contribution is 2.38. The maximum atomic E-state index is 12.8. The molecule has 1 aromatic heterocycles. The Hall–Kier alpha value is -3.75. The van der Waals surface area contributed by atoms with E-state index in [1.54, 1.807) is 25.3 Å². The second kappa shape index (κ2) is 9.62. The van der Waals surface area contributed by atoms with E-state index in [4.69, 9.17) is 21.1 Å². The molecule has 2 N–H and O–H groups in total. The summed E-state index contributed by atoms with van der Waals surface area (Å²) in [5.41, 5.74) is 1.60. The number of fused-ring (bicyclic) bond motifs is 1. The van der Waals surface area contributed by atoms with E-state index in [9.17, 15) is 13.5 Å². The van der Waals surface area contributed by atoms with Gasteiger partial charge < -0.3 is 14.6 Å². The molecule has 9 heteroatoms. The van der Waals surface area contributed by atoms with E-state index in [2.05, 4.69) is 9.71 Å². The first-order valence-electron chi connectivity index (χ1n) is 10.1. The van der Waals surface area contributed by atoms with Crippen LogP contribution in [0.2, 0.25) is 5.02 Å². The number of nitrogens with one attached hydrogen (secondary N) is 1. The minimum Gasteiger partial charge on any atom is -0.504 e. The van der Waals surface area contributed by atoms with E-state index in [1.807, 2.05) is 30.3 Å². The van der Waals surface area contributed by atoms with Crippen molar-refractivity contribution in [2.45, 2.75) is 4.90 Å². The first-order valence-corrected chi connectivity index (χ1v) is 12.0. The van der Waals surface area contributed by atoms with Crippen LogP contribution < -0.4 is 14.2 Å². The van der Waals surface area contributed by atoms with Crippen molar-refractivity contribution in [3.63, 3.8) is 0 Å². The molecule has 0 spiro atoms. The number of sulfonamides is 1. The fraction of sp³-hybridized carbons (Fsp3) is 0.0800. The molecular weight excluding hydrogens is 476 g/mol. The van der Waals surface area contributed by atoms with Crippen LogP contribution in [-0.2, 0) is 10.0 Å². The molecule has 3 aromatic carbocycles. The number of phenols is 1. The Morgan fingerprint density at radius 2 is 1.53 bits per heavy atom. The maximum Gasteiger partial charge on any atom is 0.262 e. The second-order valence-electron chi connectivity index (χ2n) is 7.27. The van der Waals surface area contributed by atoms with Crippen LogP contribution in [-0.4, -0.2) is 32.7 Å². The van der Waals surface area contributed by atoms with Crippen molar-refractivity contribution in [3.05, 3.63) is 83.0 Å². The molecule has 174 valence electrons. The van der Waals surface area contributed by atoms with Crippen molar-refractivity contribution >= 4 is 50.4 Å². The number of phenolic OH excluding ortho intramolecular Hbond substituents is 1. The van der Waals surface area contributed by atoms with Gasteiger partial charge in [0.1, 0.15) is 17.0 Å².